The van der Waals surface area contributed by atoms with Gasteiger partial charge in [0.25, 0.3) is 5.91 Å². The third kappa shape index (κ3) is 4.64. The van der Waals surface area contributed by atoms with Crippen molar-refractivity contribution in [3.63, 3.8) is 0 Å². The van der Waals surface area contributed by atoms with E-state index in [-0.39, 0.29) is 5.91 Å². The highest BCUT2D eigenvalue weighted by molar-refractivity contribution is 5.97. The smallest absolute Gasteiger partial charge is 0.339 e. The zero-order valence-corrected chi connectivity index (χ0v) is 13.4. The lowest BCUT2D eigenvalue weighted by Crippen LogP contribution is -2.30. The van der Waals surface area contributed by atoms with Crippen LogP contribution in [0.25, 0.3) is 0 Å². The Labute approximate surface area is 135 Å². The first kappa shape index (κ1) is 16.7. The number of benzene rings is 1. The number of amides is 1. The zero-order chi connectivity index (χ0) is 16.8. The van der Waals surface area contributed by atoms with Crippen molar-refractivity contribution in [1.82, 2.24) is 4.98 Å². The first-order valence-electron chi connectivity index (χ1n) is 7.49. The van der Waals surface area contributed by atoms with Crippen LogP contribution in [0, 0.1) is 0 Å². The third-order valence-electron chi connectivity index (χ3n) is 3.41. The summed E-state index contributed by atoms with van der Waals surface area (Å²) in [5, 5.41) is 2.74. The van der Waals surface area contributed by atoms with E-state index >= 15 is 0 Å². The molecule has 1 aromatic heterocycles. The van der Waals surface area contributed by atoms with Gasteiger partial charge in [0.15, 0.2) is 6.10 Å². The van der Waals surface area contributed by atoms with E-state index in [0.29, 0.717) is 17.2 Å². The quantitative estimate of drug-likeness (QED) is 0.859. The molecule has 2 aromatic rings. The SMILES string of the molecule is CC(OC(=O)c1ccncc1)C(=O)Nc1ccc(C(C)C)cc1. The lowest BCUT2D eigenvalue weighted by atomic mass is 10.0. The summed E-state index contributed by atoms with van der Waals surface area (Å²) in [6.07, 6.45) is 2.11. The van der Waals surface area contributed by atoms with Crippen LogP contribution < -0.4 is 5.32 Å². The van der Waals surface area contributed by atoms with Gasteiger partial charge in [0.2, 0.25) is 0 Å². The summed E-state index contributed by atoms with van der Waals surface area (Å²) in [6, 6.07) is 10.7. The highest BCUT2D eigenvalue weighted by Gasteiger charge is 2.19. The van der Waals surface area contributed by atoms with Gasteiger partial charge in [-0.1, -0.05) is 26.0 Å². The van der Waals surface area contributed by atoms with Gasteiger partial charge in [-0.05, 0) is 42.7 Å². The minimum atomic E-state index is -0.888. The standard InChI is InChI=1S/C18H20N2O3/c1-12(2)14-4-6-16(7-5-14)20-17(21)13(3)23-18(22)15-8-10-19-11-9-15/h4-13H,1-3H3,(H,20,21). The van der Waals surface area contributed by atoms with Crippen molar-refractivity contribution in [3.05, 3.63) is 59.9 Å². The number of carbonyl (C=O) groups is 2. The first-order chi connectivity index (χ1) is 11.0. The second-order valence-corrected chi connectivity index (χ2v) is 5.55. The molecular weight excluding hydrogens is 292 g/mol. The van der Waals surface area contributed by atoms with E-state index in [2.05, 4.69) is 24.1 Å². The van der Waals surface area contributed by atoms with Crippen LogP contribution in [0.3, 0.4) is 0 Å². The molecule has 0 fully saturated rings. The van der Waals surface area contributed by atoms with Crippen molar-refractivity contribution in [2.24, 2.45) is 0 Å². The number of esters is 1. The van der Waals surface area contributed by atoms with E-state index in [4.69, 9.17) is 4.74 Å². The number of pyridine rings is 1. The van der Waals surface area contributed by atoms with Crippen LogP contribution >= 0.6 is 0 Å². The van der Waals surface area contributed by atoms with E-state index in [1.54, 1.807) is 0 Å². The Bertz CT molecular complexity index is 666. The lowest BCUT2D eigenvalue weighted by molar-refractivity contribution is -0.123. The fourth-order valence-electron chi connectivity index (χ4n) is 1.97. The minimum absolute atomic E-state index is 0.362. The normalized spacial score (nSPS) is 11.8. The van der Waals surface area contributed by atoms with Gasteiger partial charge in [0, 0.05) is 18.1 Å². The number of nitrogens with zero attached hydrogens (tertiary/aromatic N) is 1. The number of aromatic nitrogens is 1. The van der Waals surface area contributed by atoms with E-state index in [9.17, 15) is 9.59 Å². The Hall–Kier alpha value is -2.69. The summed E-state index contributed by atoms with van der Waals surface area (Å²) in [5.41, 5.74) is 2.23. The average molecular weight is 312 g/mol. The number of hydrogen-bond donors (Lipinski definition) is 1. The molecule has 0 saturated heterocycles. The Balaban J connectivity index is 1.93. The summed E-state index contributed by atoms with van der Waals surface area (Å²) < 4.78 is 5.15. The Morgan fingerprint density at radius 2 is 1.61 bits per heavy atom. The van der Waals surface area contributed by atoms with E-state index in [0.717, 1.165) is 0 Å². The molecule has 0 bridgehead atoms. The predicted molar refractivity (Wildman–Crippen MR) is 88.3 cm³/mol. The minimum Gasteiger partial charge on any atom is -0.449 e. The highest BCUT2D eigenvalue weighted by atomic mass is 16.5. The molecular formula is C18H20N2O3. The van der Waals surface area contributed by atoms with Crippen molar-refractivity contribution in [2.75, 3.05) is 5.32 Å². The second kappa shape index (κ2) is 7.54. The number of rotatable bonds is 5. The van der Waals surface area contributed by atoms with E-state index in [1.165, 1.54) is 37.0 Å². The van der Waals surface area contributed by atoms with Gasteiger partial charge in [-0.2, -0.15) is 0 Å². The van der Waals surface area contributed by atoms with Crippen molar-refractivity contribution in [3.8, 4) is 0 Å². The summed E-state index contributed by atoms with van der Waals surface area (Å²) in [6.45, 7) is 5.75. The molecule has 1 atom stereocenters. The van der Waals surface area contributed by atoms with Crippen molar-refractivity contribution in [1.29, 1.82) is 0 Å². The van der Waals surface area contributed by atoms with Crippen LogP contribution in [0.1, 0.15) is 42.6 Å². The van der Waals surface area contributed by atoms with Gasteiger partial charge >= 0.3 is 5.97 Å². The number of carbonyl (C=O) groups excluding carboxylic acids is 2. The van der Waals surface area contributed by atoms with Gasteiger partial charge in [-0.15, -0.1) is 0 Å². The number of hydrogen-bond acceptors (Lipinski definition) is 4. The molecule has 0 saturated carbocycles. The lowest BCUT2D eigenvalue weighted by Gasteiger charge is -2.14. The van der Waals surface area contributed by atoms with Crippen LogP contribution in [0.5, 0.6) is 0 Å². The van der Waals surface area contributed by atoms with Gasteiger partial charge in [-0.3, -0.25) is 9.78 Å². The Morgan fingerprint density at radius 3 is 2.17 bits per heavy atom. The molecule has 1 N–H and O–H groups in total. The molecule has 2 rings (SSSR count). The number of ether oxygens (including phenoxy) is 1. The topological polar surface area (TPSA) is 68.3 Å². The van der Waals surface area contributed by atoms with E-state index < -0.39 is 12.1 Å². The predicted octanol–water partition coefficient (Wildman–Crippen LogP) is 3.39. The second-order valence-electron chi connectivity index (χ2n) is 5.55. The van der Waals surface area contributed by atoms with Gasteiger partial charge in [0.05, 0.1) is 5.56 Å². The van der Waals surface area contributed by atoms with Crippen LogP contribution in [-0.2, 0) is 9.53 Å². The molecule has 5 nitrogen and oxygen atoms in total. The maximum absolute atomic E-state index is 12.1. The number of nitrogens with one attached hydrogen (secondary N) is 1. The molecule has 1 amide bonds. The van der Waals surface area contributed by atoms with Crippen LogP contribution in [0.4, 0.5) is 5.69 Å². The van der Waals surface area contributed by atoms with Crippen molar-refractivity contribution < 1.29 is 14.3 Å². The summed E-state index contributed by atoms with van der Waals surface area (Å²) in [7, 11) is 0. The third-order valence-corrected chi connectivity index (χ3v) is 3.41. The van der Waals surface area contributed by atoms with Crippen molar-refractivity contribution >= 4 is 17.6 Å². The van der Waals surface area contributed by atoms with Crippen LogP contribution in [-0.4, -0.2) is 23.0 Å². The average Bonchev–Trinajstić information content (AvgIpc) is 2.56. The van der Waals surface area contributed by atoms with Crippen molar-refractivity contribution in [2.45, 2.75) is 32.8 Å². The van der Waals surface area contributed by atoms with Crippen LogP contribution in [0.15, 0.2) is 48.8 Å². The molecule has 0 spiro atoms. The molecule has 0 radical (unpaired) electrons. The molecule has 5 heteroatoms. The fourth-order valence-corrected chi connectivity index (χ4v) is 1.97. The Kier molecular flexibility index (Phi) is 5.46. The summed E-state index contributed by atoms with van der Waals surface area (Å²) in [5.74, 6) is -0.491. The van der Waals surface area contributed by atoms with Gasteiger partial charge in [0.1, 0.15) is 0 Å². The maximum atomic E-state index is 12.1. The first-order valence-corrected chi connectivity index (χ1v) is 7.49. The molecule has 120 valence electrons. The largest absolute Gasteiger partial charge is 0.449 e. The Morgan fingerprint density at radius 1 is 1.00 bits per heavy atom. The van der Waals surface area contributed by atoms with Gasteiger partial charge in [-0.25, -0.2) is 4.79 Å². The molecule has 23 heavy (non-hydrogen) atoms. The summed E-state index contributed by atoms with van der Waals surface area (Å²) >= 11 is 0. The molecule has 0 aliphatic rings. The van der Waals surface area contributed by atoms with E-state index in [1.807, 2.05) is 24.3 Å². The molecule has 1 unspecified atom stereocenters. The molecule has 1 aromatic carbocycles. The zero-order valence-electron chi connectivity index (χ0n) is 13.4. The van der Waals surface area contributed by atoms with Crippen LogP contribution in [0.2, 0.25) is 0 Å². The molecule has 0 aliphatic carbocycles. The highest BCUT2D eigenvalue weighted by Crippen LogP contribution is 2.17. The monoisotopic (exact) mass is 312 g/mol. The number of anilines is 1. The summed E-state index contributed by atoms with van der Waals surface area (Å²) in [4.78, 5) is 27.8. The fraction of sp³-hybridized carbons (Fsp3) is 0.278. The maximum Gasteiger partial charge on any atom is 0.339 e. The molecule has 1 heterocycles. The van der Waals surface area contributed by atoms with Gasteiger partial charge < -0.3 is 10.1 Å². The molecule has 0 aliphatic heterocycles.